The lowest BCUT2D eigenvalue weighted by Crippen LogP contribution is -2.27. The molecule has 11 heteroatoms. The highest BCUT2D eigenvalue weighted by atomic mass is 79.9. The van der Waals surface area contributed by atoms with Gasteiger partial charge < -0.3 is 9.64 Å². The van der Waals surface area contributed by atoms with E-state index in [2.05, 4.69) is 38.0 Å². The lowest BCUT2D eigenvalue weighted by molar-refractivity contribution is 0.324. The van der Waals surface area contributed by atoms with Crippen molar-refractivity contribution < 1.29 is 17.0 Å². The number of hydrogen-bond acceptors (Lipinski definition) is 6. The summed E-state index contributed by atoms with van der Waals surface area (Å²) < 4.78 is 41.6. The SMILES string of the molecule is CCN(CCOc1ccccc1)c1ccc(/N=N/c2c(Cl)cc(S(=O)(=O)F)c(Cl)c2Br)cc1. The Morgan fingerprint density at radius 3 is 2.33 bits per heavy atom. The van der Waals surface area contributed by atoms with E-state index >= 15 is 0 Å². The van der Waals surface area contributed by atoms with Crippen molar-refractivity contribution in [2.75, 3.05) is 24.6 Å². The van der Waals surface area contributed by atoms with Gasteiger partial charge in [-0.05, 0) is 65.3 Å². The van der Waals surface area contributed by atoms with Gasteiger partial charge in [0.1, 0.15) is 22.9 Å². The number of hydrogen-bond donors (Lipinski definition) is 0. The van der Waals surface area contributed by atoms with Gasteiger partial charge in [-0.25, -0.2) is 0 Å². The standard InChI is InChI=1S/C22H19BrCl2FN3O3S/c1-2-29(12-13-32-17-6-4-3-5-7-17)16-10-8-15(9-11-16)27-28-22-18(24)14-19(33(26,30)31)21(25)20(22)23/h3-11,14H,2,12-13H2,1H3/b28-27+. The summed E-state index contributed by atoms with van der Waals surface area (Å²) in [6.07, 6.45) is 0. The Morgan fingerprint density at radius 1 is 1.06 bits per heavy atom. The Bertz CT molecular complexity index is 1240. The summed E-state index contributed by atoms with van der Waals surface area (Å²) in [5.41, 5.74) is 1.62. The molecule has 0 spiro atoms. The average molecular weight is 575 g/mol. The zero-order valence-electron chi connectivity index (χ0n) is 17.4. The molecule has 0 aliphatic rings. The summed E-state index contributed by atoms with van der Waals surface area (Å²) in [6, 6.07) is 17.9. The van der Waals surface area contributed by atoms with Crippen molar-refractivity contribution in [1.29, 1.82) is 0 Å². The van der Waals surface area contributed by atoms with E-state index in [1.54, 1.807) is 12.1 Å². The van der Waals surface area contributed by atoms with Crippen LogP contribution in [0.2, 0.25) is 10.0 Å². The van der Waals surface area contributed by atoms with Gasteiger partial charge >= 0.3 is 10.2 Å². The second-order valence-corrected chi connectivity index (χ2v) is 9.62. The van der Waals surface area contributed by atoms with Crippen LogP contribution in [0.25, 0.3) is 0 Å². The molecule has 0 saturated heterocycles. The topological polar surface area (TPSA) is 71.3 Å². The molecule has 0 aliphatic heterocycles. The van der Waals surface area contributed by atoms with Crippen LogP contribution in [0.5, 0.6) is 5.75 Å². The Labute approximate surface area is 210 Å². The lowest BCUT2D eigenvalue weighted by atomic mass is 10.2. The normalized spacial score (nSPS) is 11.7. The largest absolute Gasteiger partial charge is 0.492 e. The number of halogens is 4. The predicted molar refractivity (Wildman–Crippen MR) is 133 cm³/mol. The molecule has 0 fully saturated rings. The molecule has 0 atom stereocenters. The van der Waals surface area contributed by atoms with E-state index in [-0.39, 0.29) is 20.2 Å². The first-order valence-corrected chi connectivity index (χ1v) is 12.7. The number of likely N-dealkylation sites (N-methyl/N-ethyl adjacent to an activating group) is 1. The Balaban J connectivity index is 1.70. The quantitative estimate of drug-likeness (QED) is 0.149. The summed E-state index contributed by atoms with van der Waals surface area (Å²) in [5, 5.41) is 7.70. The van der Waals surface area contributed by atoms with Crippen LogP contribution in [0.3, 0.4) is 0 Å². The van der Waals surface area contributed by atoms with Crippen LogP contribution < -0.4 is 9.64 Å². The minimum absolute atomic E-state index is 0.0313. The summed E-state index contributed by atoms with van der Waals surface area (Å²) in [6.45, 7) is 4.10. The molecule has 0 saturated carbocycles. The van der Waals surface area contributed by atoms with Crippen LogP contribution in [-0.4, -0.2) is 28.1 Å². The van der Waals surface area contributed by atoms with E-state index < -0.39 is 15.1 Å². The molecule has 174 valence electrons. The van der Waals surface area contributed by atoms with Crippen molar-refractivity contribution in [1.82, 2.24) is 0 Å². The van der Waals surface area contributed by atoms with E-state index in [4.69, 9.17) is 27.9 Å². The molecule has 0 radical (unpaired) electrons. The highest BCUT2D eigenvalue weighted by Crippen LogP contribution is 2.43. The fraction of sp³-hybridized carbons (Fsp3) is 0.182. The lowest BCUT2D eigenvalue weighted by Gasteiger charge is -2.23. The number of rotatable bonds is 9. The highest BCUT2D eigenvalue weighted by molar-refractivity contribution is 9.10. The van der Waals surface area contributed by atoms with Crippen molar-refractivity contribution in [3.63, 3.8) is 0 Å². The van der Waals surface area contributed by atoms with Crippen molar-refractivity contribution in [2.24, 2.45) is 10.2 Å². The number of benzene rings is 3. The second-order valence-electron chi connectivity index (χ2n) is 6.73. The van der Waals surface area contributed by atoms with Crippen molar-refractivity contribution in [2.45, 2.75) is 11.8 Å². The fourth-order valence-corrected chi connectivity index (χ4v) is 4.98. The van der Waals surface area contributed by atoms with Gasteiger partial charge in [-0.2, -0.15) is 13.5 Å². The van der Waals surface area contributed by atoms with Gasteiger partial charge in [-0.15, -0.1) is 9.00 Å². The van der Waals surface area contributed by atoms with Gasteiger partial charge in [0.05, 0.1) is 26.8 Å². The van der Waals surface area contributed by atoms with E-state index in [1.165, 1.54) is 0 Å². The third-order valence-corrected chi connectivity index (χ3v) is 7.24. The third kappa shape index (κ3) is 6.66. The highest BCUT2D eigenvalue weighted by Gasteiger charge is 2.23. The van der Waals surface area contributed by atoms with Crippen molar-refractivity contribution >= 4 is 66.4 Å². The van der Waals surface area contributed by atoms with Gasteiger partial charge in [0, 0.05) is 12.2 Å². The average Bonchev–Trinajstić information content (AvgIpc) is 2.79. The smallest absolute Gasteiger partial charge is 0.333 e. The van der Waals surface area contributed by atoms with E-state index in [1.807, 2.05) is 42.5 Å². The Kier molecular flexibility index (Phi) is 8.69. The third-order valence-electron chi connectivity index (χ3n) is 4.60. The predicted octanol–water partition coefficient (Wildman–Crippen LogP) is 7.73. The minimum Gasteiger partial charge on any atom is -0.492 e. The van der Waals surface area contributed by atoms with E-state index in [0.29, 0.717) is 18.8 Å². The summed E-state index contributed by atoms with van der Waals surface area (Å²) in [4.78, 5) is 1.42. The van der Waals surface area contributed by atoms with Crippen LogP contribution in [-0.2, 0) is 10.2 Å². The molecule has 3 aromatic carbocycles. The molecule has 0 heterocycles. The summed E-state index contributed by atoms with van der Waals surface area (Å²) in [7, 11) is -5.03. The first kappa shape index (κ1) is 25.4. The maximum Gasteiger partial charge on any atom is 0.333 e. The van der Waals surface area contributed by atoms with E-state index in [0.717, 1.165) is 24.0 Å². The zero-order chi connectivity index (χ0) is 24.0. The first-order valence-electron chi connectivity index (χ1n) is 9.77. The summed E-state index contributed by atoms with van der Waals surface area (Å²) >= 11 is 15.1. The molecule has 0 aliphatic carbocycles. The minimum atomic E-state index is -5.03. The van der Waals surface area contributed by atoms with Crippen LogP contribution in [0.4, 0.5) is 20.9 Å². The van der Waals surface area contributed by atoms with Gasteiger partial charge in [-0.1, -0.05) is 41.4 Å². The van der Waals surface area contributed by atoms with Crippen LogP contribution in [0, 0.1) is 0 Å². The van der Waals surface area contributed by atoms with Crippen molar-refractivity contribution in [3.8, 4) is 5.75 Å². The van der Waals surface area contributed by atoms with Gasteiger partial charge in [0.15, 0.2) is 0 Å². The second kappa shape index (κ2) is 11.3. The molecule has 3 aromatic rings. The van der Waals surface area contributed by atoms with Crippen LogP contribution in [0.1, 0.15) is 6.92 Å². The molecule has 33 heavy (non-hydrogen) atoms. The Hall–Kier alpha value is -2.20. The number of anilines is 1. The molecular weight excluding hydrogens is 556 g/mol. The number of azo groups is 1. The monoisotopic (exact) mass is 573 g/mol. The van der Waals surface area contributed by atoms with Gasteiger partial charge in [-0.3, -0.25) is 0 Å². The maximum absolute atomic E-state index is 13.4. The molecule has 0 bridgehead atoms. The number of ether oxygens (including phenoxy) is 1. The molecule has 0 aromatic heterocycles. The summed E-state index contributed by atoms with van der Waals surface area (Å²) in [5.74, 6) is 0.825. The molecule has 3 rings (SSSR count). The van der Waals surface area contributed by atoms with Gasteiger partial charge in [0.25, 0.3) is 0 Å². The van der Waals surface area contributed by atoms with E-state index in [9.17, 15) is 12.3 Å². The number of para-hydroxylation sites is 1. The van der Waals surface area contributed by atoms with Crippen molar-refractivity contribution in [3.05, 3.63) is 75.2 Å². The zero-order valence-corrected chi connectivity index (χ0v) is 21.3. The van der Waals surface area contributed by atoms with Crippen LogP contribution >= 0.6 is 39.1 Å². The molecule has 0 unspecified atom stereocenters. The molecule has 6 nitrogen and oxygen atoms in total. The fourth-order valence-electron chi connectivity index (χ4n) is 2.93. The number of nitrogens with zero attached hydrogens (tertiary/aromatic N) is 3. The molecule has 0 amide bonds. The molecule has 0 N–H and O–H groups in total. The van der Waals surface area contributed by atoms with Gasteiger partial charge in [0.2, 0.25) is 0 Å². The molecular formula is C22H19BrCl2FN3O3S. The maximum atomic E-state index is 13.4. The Morgan fingerprint density at radius 2 is 1.73 bits per heavy atom. The van der Waals surface area contributed by atoms with Crippen LogP contribution in [0.15, 0.2) is 80.3 Å². The first-order chi connectivity index (χ1) is 15.7.